The van der Waals surface area contributed by atoms with Crippen molar-refractivity contribution in [2.24, 2.45) is 0 Å². The lowest BCUT2D eigenvalue weighted by Gasteiger charge is -2.13. The molecule has 1 aromatic carbocycles. The molecule has 1 fully saturated rings. The molecule has 1 aromatic heterocycles. The summed E-state index contributed by atoms with van der Waals surface area (Å²) in [4.78, 5) is 16.5. The summed E-state index contributed by atoms with van der Waals surface area (Å²) in [5.41, 5.74) is 0.170. The van der Waals surface area contributed by atoms with E-state index in [2.05, 4.69) is 14.4 Å². The number of hydrogen-bond donors (Lipinski definition) is 2. The highest BCUT2D eigenvalue weighted by Gasteiger charge is 2.24. The Balaban J connectivity index is 1.79. The van der Waals surface area contributed by atoms with Crippen LogP contribution in [0.1, 0.15) is 23.3 Å². The molecule has 0 spiro atoms. The van der Waals surface area contributed by atoms with Crippen LogP contribution < -0.4 is 14.2 Å². The van der Waals surface area contributed by atoms with Crippen LogP contribution in [0.2, 0.25) is 0 Å². The van der Waals surface area contributed by atoms with Crippen molar-refractivity contribution >= 4 is 21.6 Å². The van der Waals surface area contributed by atoms with Crippen LogP contribution in [0, 0.1) is 0 Å². The lowest BCUT2D eigenvalue weighted by atomic mass is 10.3. The first-order valence-electron chi connectivity index (χ1n) is 8.43. The van der Waals surface area contributed by atoms with Gasteiger partial charge in [-0.15, -0.1) is 0 Å². The molecule has 1 amide bonds. The first-order chi connectivity index (χ1) is 13.3. The van der Waals surface area contributed by atoms with Gasteiger partial charge in [0.15, 0.2) is 11.5 Å². The lowest BCUT2D eigenvalue weighted by Crippen LogP contribution is -2.27. The molecule has 152 valence electrons. The van der Waals surface area contributed by atoms with Gasteiger partial charge in [-0.1, -0.05) is 0 Å². The number of nitrogens with zero attached hydrogens (tertiary/aromatic N) is 1. The van der Waals surface area contributed by atoms with Gasteiger partial charge in [-0.25, -0.2) is 8.42 Å². The number of aromatic amines is 1. The predicted octanol–water partition coefficient (Wildman–Crippen LogP) is 2.66. The number of alkyl halides is 2. The molecule has 2 heterocycles. The molecule has 0 atom stereocenters. The van der Waals surface area contributed by atoms with Crippen LogP contribution in [0.25, 0.3) is 0 Å². The molecule has 2 N–H and O–H groups in total. The maximum atomic E-state index is 12.6. The van der Waals surface area contributed by atoms with E-state index in [-0.39, 0.29) is 33.7 Å². The molecule has 0 aliphatic carbocycles. The third kappa shape index (κ3) is 4.35. The van der Waals surface area contributed by atoms with Gasteiger partial charge in [-0.2, -0.15) is 8.78 Å². The van der Waals surface area contributed by atoms with E-state index in [1.165, 1.54) is 31.5 Å². The lowest BCUT2D eigenvalue weighted by molar-refractivity contribution is -0.0511. The molecule has 0 unspecified atom stereocenters. The largest absolute Gasteiger partial charge is 0.493 e. The van der Waals surface area contributed by atoms with E-state index in [0.29, 0.717) is 13.1 Å². The second-order valence-corrected chi connectivity index (χ2v) is 7.78. The number of rotatable bonds is 7. The van der Waals surface area contributed by atoms with Crippen LogP contribution in [-0.2, 0) is 10.0 Å². The Kier molecular flexibility index (Phi) is 5.73. The smallest absolute Gasteiger partial charge is 0.387 e. The number of anilines is 1. The summed E-state index contributed by atoms with van der Waals surface area (Å²) >= 11 is 0. The molecule has 11 heteroatoms. The molecule has 0 saturated carbocycles. The normalized spacial score (nSPS) is 14.4. The molecule has 1 saturated heterocycles. The molecule has 28 heavy (non-hydrogen) atoms. The van der Waals surface area contributed by atoms with E-state index in [4.69, 9.17) is 4.74 Å². The number of sulfonamides is 1. The Morgan fingerprint density at radius 1 is 1.21 bits per heavy atom. The topological polar surface area (TPSA) is 101 Å². The number of methoxy groups -OCH3 is 1. The van der Waals surface area contributed by atoms with Crippen molar-refractivity contribution in [1.82, 2.24) is 9.88 Å². The highest BCUT2D eigenvalue weighted by molar-refractivity contribution is 7.92. The zero-order valence-corrected chi connectivity index (χ0v) is 15.8. The summed E-state index contributed by atoms with van der Waals surface area (Å²) in [6.45, 7) is -1.82. The van der Waals surface area contributed by atoms with E-state index in [9.17, 15) is 22.0 Å². The summed E-state index contributed by atoms with van der Waals surface area (Å²) in [5.74, 6) is -0.545. The van der Waals surface area contributed by atoms with Crippen molar-refractivity contribution in [3.05, 3.63) is 36.2 Å². The van der Waals surface area contributed by atoms with Crippen molar-refractivity contribution < 1.29 is 31.5 Å². The summed E-state index contributed by atoms with van der Waals surface area (Å²) < 4.78 is 61.7. The Labute approximate surface area is 160 Å². The van der Waals surface area contributed by atoms with Crippen LogP contribution in [0.15, 0.2) is 35.4 Å². The summed E-state index contributed by atoms with van der Waals surface area (Å²) in [7, 11) is -2.78. The van der Waals surface area contributed by atoms with Gasteiger partial charge in [0.2, 0.25) is 0 Å². The average molecular weight is 415 g/mol. The van der Waals surface area contributed by atoms with Gasteiger partial charge in [0.05, 0.1) is 12.8 Å². The number of carbonyl (C=O) groups is 1. The number of likely N-dealkylation sites (tertiary alicyclic amines) is 1. The second-order valence-electron chi connectivity index (χ2n) is 6.10. The highest BCUT2D eigenvalue weighted by Crippen LogP contribution is 2.32. The van der Waals surface area contributed by atoms with Gasteiger partial charge in [0.25, 0.3) is 15.9 Å². The fraction of sp³-hybridized carbons (Fsp3) is 0.353. The number of hydrogen-bond acceptors (Lipinski definition) is 5. The van der Waals surface area contributed by atoms with Crippen molar-refractivity contribution in [2.75, 3.05) is 24.9 Å². The molecule has 3 rings (SSSR count). The van der Waals surface area contributed by atoms with E-state index >= 15 is 0 Å². The molecular formula is C17H19F2N3O5S. The van der Waals surface area contributed by atoms with Crippen molar-refractivity contribution in [3.63, 3.8) is 0 Å². The Bertz CT molecular complexity index is 955. The number of nitrogens with one attached hydrogen (secondary N) is 2. The van der Waals surface area contributed by atoms with Crippen LogP contribution >= 0.6 is 0 Å². The molecule has 2 aromatic rings. The standard InChI is InChI=1S/C17H19F2N3O5S/c1-26-14-5-4-11(8-15(14)27-17(18)19)21-28(24,25)12-9-13(20-10-12)16(23)22-6-2-3-7-22/h4-5,8-10,17,20-21H,2-3,6-7H2,1H3. The summed E-state index contributed by atoms with van der Waals surface area (Å²) in [6, 6.07) is 4.97. The molecule has 0 radical (unpaired) electrons. The molecule has 0 bridgehead atoms. The van der Waals surface area contributed by atoms with E-state index in [1.807, 2.05) is 0 Å². The van der Waals surface area contributed by atoms with Gasteiger partial charge >= 0.3 is 6.61 Å². The molecular weight excluding hydrogens is 396 g/mol. The highest BCUT2D eigenvalue weighted by atomic mass is 32.2. The van der Waals surface area contributed by atoms with Crippen LogP contribution in [0.5, 0.6) is 11.5 Å². The number of H-pyrrole nitrogens is 1. The van der Waals surface area contributed by atoms with Crippen LogP contribution in [0.4, 0.5) is 14.5 Å². The minimum atomic E-state index is -4.05. The quantitative estimate of drug-likeness (QED) is 0.724. The minimum Gasteiger partial charge on any atom is -0.493 e. The molecule has 8 nitrogen and oxygen atoms in total. The predicted molar refractivity (Wildman–Crippen MR) is 96.4 cm³/mol. The van der Waals surface area contributed by atoms with Gasteiger partial charge in [-0.3, -0.25) is 9.52 Å². The van der Waals surface area contributed by atoms with Gasteiger partial charge in [0.1, 0.15) is 10.6 Å². The average Bonchev–Trinajstić information content (AvgIpc) is 3.33. The first-order valence-corrected chi connectivity index (χ1v) is 9.92. The Morgan fingerprint density at radius 2 is 1.93 bits per heavy atom. The number of halogens is 2. The van der Waals surface area contributed by atoms with Crippen LogP contribution in [0.3, 0.4) is 0 Å². The van der Waals surface area contributed by atoms with Crippen molar-refractivity contribution in [1.29, 1.82) is 0 Å². The van der Waals surface area contributed by atoms with E-state index in [0.717, 1.165) is 18.9 Å². The van der Waals surface area contributed by atoms with Crippen LogP contribution in [-0.4, -0.2) is 51.0 Å². The van der Waals surface area contributed by atoms with E-state index in [1.54, 1.807) is 4.90 Å². The number of amides is 1. The van der Waals surface area contributed by atoms with E-state index < -0.39 is 16.6 Å². The number of benzene rings is 1. The second kappa shape index (κ2) is 8.05. The fourth-order valence-corrected chi connectivity index (χ4v) is 3.93. The van der Waals surface area contributed by atoms with Gasteiger partial charge < -0.3 is 19.4 Å². The summed E-state index contributed by atoms with van der Waals surface area (Å²) in [5, 5.41) is 0. The first kappa shape index (κ1) is 19.9. The molecule has 1 aliphatic heterocycles. The number of carbonyl (C=O) groups excluding carboxylic acids is 1. The summed E-state index contributed by atoms with van der Waals surface area (Å²) in [6.07, 6.45) is 3.03. The number of aromatic nitrogens is 1. The minimum absolute atomic E-state index is 0.00469. The Morgan fingerprint density at radius 3 is 2.57 bits per heavy atom. The van der Waals surface area contributed by atoms with Crippen molar-refractivity contribution in [3.8, 4) is 11.5 Å². The van der Waals surface area contributed by atoms with Gasteiger partial charge in [-0.05, 0) is 31.0 Å². The third-order valence-electron chi connectivity index (χ3n) is 4.22. The van der Waals surface area contributed by atoms with Gasteiger partial charge in [0, 0.05) is 25.4 Å². The monoisotopic (exact) mass is 415 g/mol. The Hall–Kier alpha value is -2.82. The maximum Gasteiger partial charge on any atom is 0.387 e. The zero-order valence-electron chi connectivity index (χ0n) is 14.9. The zero-order chi connectivity index (χ0) is 20.3. The maximum absolute atomic E-state index is 12.6. The SMILES string of the molecule is COc1ccc(NS(=O)(=O)c2c[nH]c(C(=O)N3CCCC3)c2)cc1OC(F)F. The fourth-order valence-electron chi connectivity index (χ4n) is 2.89. The molecule has 1 aliphatic rings. The third-order valence-corrected chi connectivity index (χ3v) is 5.58. The van der Waals surface area contributed by atoms with Crippen molar-refractivity contribution in [2.45, 2.75) is 24.3 Å². The number of ether oxygens (including phenoxy) is 2.